The van der Waals surface area contributed by atoms with Crippen LogP contribution in [0.15, 0.2) is 54.6 Å². The van der Waals surface area contributed by atoms with Crippen LogP contribution in [-0.4, -0.2) is 40.1 Å². The summed E-state index contributed by atoms with van der Waals surface area (Å²) in [5.41, 5.74) is 8.17. The molecule has 7 nitrogen and oxygen atoms in total. The lowest BCUT2D eigenvalue weighted by Gasteiger charge is -2.15. The van der Waals surface area contributed by atoms with Crippen LogP contribution in [0.2, 0.25) is 0 Å². The predicted octanol–water partition coefficient (Wildman–Crippen LogP) is 7.31. The molecule has 0 aliphatic carbocycles. The minimum atomic E-state index is -0.267. The molecule has 6 rings (SSSR count). The Labute approximate surface area is 247 Å². The van der Waals surface area contributed by atoms with Gasteiger partial charge in [0.25, 0.3) is 0 Å². The largest absolute Gasteiger partial charge is 0.493 e. The molecule has 218 valence electrons. The van der Waals surface area contributed by atoms with E-state index in [9.17, 15) is 4.79 Å². The van der Waals surface area contributed by atoms with Crippen molar-refractivity contribution in [1.29, 1.82) is 0 Å². The summed E-state index contributed by atoms with van der Waals surface area (Å²) < 4.78 is 22.2. The molecule has 3 aromatic carbocycles. The first-order valence-corrected chi connectivity index (χ1v) is 15.0. The number of benzene rings is 3. The van der Waals surface area contributed by atoms with Crippen molar-refractivity contribution in [3.05, 3.63) is 82.8 Å². The number of carbonyl (C=O) groups excluding carboxylic acids is 1. The molecular formula is C35H39N3O4. The van der Waals surface area contributed by atoms with E-state index in [1.165, 1.54) is 0 Å². The van der Waals surface area contributed by atoms with E-state index in [-0.39, 0.29) is 5.97 Å². The molecule has 0 bridgehead atoms. The van der Waals surface area contributed by atoms with E-state index >= 15 is 0 Å². The van der Waals surface area contributed by atoms with Crippen LogP contribution in [0.25, 0.3) is 32.8 Å². The van der Waals surface area contributed by atoms with Crippen molar-refractivity contribution in [2.24, 2.45) is 7.05 Å². The summed E-state index contributed by atoms with van der Waals surface area (Å²) >= 11 is 0. The number of rotatable bonds is 7. The van der Waals surface area contributed by atoms with Gasteiger partial charge in [-0.1, -0.05) is 48.5 Å². The van der Waals surface area contributed by atoms with Gasteiger partial charge in [-0.2, -0.15) is 5.10 Å². The Balaban J connectivity index is 1.45. The smallest absolute Gasteiger partial charge is 0.355 e. The molecule has 1 aliphatic heterocycles. The number of carbonyl (C=O) groups is 1. The second-order valence-corrected chi connectivity index (χ2v) is 11.1. The van der Waals surface area contributed by atoms with Gasteiger partial charge in [-0.3, -0.25) is 4.68 Å². The van der Waals surface area contributed by atoms with Crippen molar-refractivity contribution in [2.45, 2.75) is 59.6 Å². The molecule has 1 aliphatic rings. The lowest BCUT2D eigenvalue weighted by Crippen LogP contribution is -2.15. The maximum Gasteiger partial charge on any atom is 0.355 e. The number of nitrogens with zero attached hydrogens (tertiary/aromatic N) is 3. The molecule has 0 spiro atoms. The highest BCUT2D eigenvalue weighted by molar-refractivity contribution is 6.05. The molecule has 7 heteroatoms. The van der Waals surface area contributed by atoms with Gasteiger partial charge in [-0.25, -0.2) is 4.79 Å². The number of hydrogen-bond donors (Lipinski definition) is 0. The van der Waals surface area contributed by atoms with E-state index in [2.05, 4.69) is 48.7 Å². The second kappa shape index (κ2) is 12.0. The van der Waals surface area contributed by atoms with Crippen LogP contribution in [0.3, 0.4) is 0 Å². The molecule has 0 unspecified atom stereocenters. The van der Waals surface area contributed by atoms with Gasteiger partial charge in [0, 0.05) is 42.1 Å². The van der Waals surface area contributed by atoms with Crippen molar-refractivity contribution >= 4 is 27.6 Å². The average molecular weight is 566 g/mol. The summed E-state index contributed by atoms with van der Waals surface area (Å²) in [6.45, 7) is 8.82. The Morgan fingerprint density at radius 1 is 1.00 bits per heavy atom. The fourth-order valence-electron chi connectivity index (χ4n) is 6.44. The summed E-state index contributed by atoms with van der Waals surface area (Å²) in [6, 6.07) is 18.8. The number of ether oxygens (including phenoxy) is 3. The summed E-state index contributed by atoms with van der Waals surface area (Å²) in [7, 11) is 1.98. The van der Waals surface area contributed by atoms with Gasteiger partial charge in [-0.05, 0) is 69.0 Å². The molecule has 0 saturated carbocycles. The summed E-state index contributed by atoms with van der Waals surface area (Å²) in [5, 5.41) is 8.15. The van der Waals surface area contributed by atoms with Crippen molar-refractivity contribution in [1.82, 2.24) is 14.3 Å². The molecule has 0 fully saturated rings. The minimum absolute atomic E-state index is 0.267. The zero-order valence-electron chi connectivity index (χ0n) is 25.0. The van der Waals surface area contributed by atoms with Crippen LogP contribution in [-0.2, 0) is 36.1 Å². The van der Waals surface area contributed by atoms with Gasteiger partial charge in [0.05, 0.1) is 36.7 Å². The molecule has 0 N–H and O–H groups in total. The standard InChI is InChI=1S/C35H39N3O4/c1-5-41-35(39)34-27(15-11-21-42-30-16-10-13-25-12-6-7-14-26(25)30)28-18-17-23(2)31-32-24(3)36-37(4)29(32)22-40-20-9-8-19-38(34)33(28)31/h6-7,10,12-14,16-18H,5,8-9,11,15,19-22H2,1-4H3. The quantitative estimate of drug-likeness (QED) is 0.153. The third-order valence-electron chi connectivity index (χ3n) is 8.33. The highest BCUT2D eigenvalue weighted by Gasteiger charge is 2.29. The normalized spacial score (nSPS) is 13.6. The van der Waals surface area contributed by atoms with Crippen molar-refractivity contribution < 1.29 is 19.0 Å². The number of fused-ring (bicyclic) bond motifs is 3. The summed E-state index contributed by atoms with van der Waals surface area (Å²) in [6.07, 6.45) is 3.28. The van der Waals surface area contributed by atoms with Gasteiger partial charge in [0.2, 0.25) is 0 Å². The van der Waals surface area contributed by atoms with Crippen LogP contribution in [0.5, 0.6) is 5.75 Å². The Morgan fingerprint density at radius 2 is 1.83 bits per heavy atom. The molecule has 2 aromatic heterocycles. The number of hydrogen-bond acceptors (Lipinski definition) is 5. The monoisotopic (exact) mass is 565 g/mol. The van der Waals surface area contributed by atoms with Gasteiger partial charge < -0.3 is 18.8 Å². The highest BCUT2D eigenvalue weighted by Crippen LogP contribution is 2.41. The molecular weight excluding hydrogens is 526 g/mol. The number of aromatic nitrogens is 3. The first kappa shape index (κ1) is 28.0. The zero-order valence-corrected chi connectivity index (χ0v) is 25.0. The van der Waals surface area contributed by atoms with E-state index in [4.69, 9.17) is 19.3 Å². The predicted molar refractivity (Wildman–Crippen MR) is 166 cm³/mol. The first-order chi connectivity index (χ1) is 20.5. The zero-order chi connectivity index (χ0) is 29.2. The van der Waals surface area contributed by atoms with Crippen molar-refractivity contribution in [3.8, 4) is 16.9 Å². The van der Waals surface area contributed by atoms with E-state index < -0.39 is 0 Å². The third kappa shape index (κ3) is 5.07. The fourth-order valence-corrected chi connectivity index (χ4v) is 6.44. The molecule has 0 atom stereocenters. The molecule has 0 amide bonds. The summed E-state index contributed by atoms with van der Waals surface area (Å²) in [4.78, 5) is 13.7. The van der Waals surface area contributed by atoms with Crippen LogP contribution in [0.4, 0.5) is 0 Å². The summed E-state index contributed by atoms with van der Waals surface area (Å²) in [5.74, 6) is 0.617. The lowest BCUT2D eigenvalue weighted by atomic mass is 9.94. The maximum atomic E-state index is 13.7. The minimum Gasteiger partial charge on any atom is -0.493 e. The van der Waals surface area contributed by atoms with Crippen LogP contribution in [0.1, 0.15) is 59.2 Å². The van der Waals surface area contributed by atoms with E-state index in [1.54, 1.807) is 0 Å². The Morgan fingerprint density at radius 3 is 2.69 bits per heavy atom. The Bertz CT molecular complexity index is 1760. The van der Waals surface area contributed by atoms with Crippen molar-refractivity contribution in [3.63, 3.8) is 0 Å². The lowest BCUT2D eigenvalue weighted by molar-refractivity contribution is 0.0512. The maximum absolute atomic E-state index is 13.7. The molecule has 0 saturated heterocycles. The SMILES string of the molecule is CCOC(=O)c1c(CCCOc2cccc3ccccc23)c2ccc(C)c3c2n1CCCCOCc1c-3c(C)nn1C. The number of aryl methyl sites for hydroxylation is 5. The van der Waals surface area contributed by atoms with E-state index in [0.717, 1.165) is 80.3 Å². The Kier molecular flexibility index (Phi) is 8.02. The van der Waals surface area contributed by atoms with E-state index in [0.29, 0.717) is 45.1 Å². The molecule has 5 aromatic rings. The van der Waals surface area contributed by atoms with Crippen LogP contribution < -0.4 is 4.74 Å². The van der Waals surface area contributed by atoms with E-state index in [1.807, 2.05) is 42.9 Å². The van der Waals surface area contributed by atoms with Gasteiger partial charge in [-0.15, -0.1) is 0 Å². The molecule has 3 heterocycles. The molecule has 42 heavy (non-hydrogen) atoms. The van der Waals surface area contributed by atoms with Gasteiger partial charge in [0.15, 0.2) is 0 Å². The second-order valence-electron chi connectivity index (χ2n) is 11.1. The van der Waals surface area contributed by atoms with Gasteiger partial charge >= 0.3 is 5.97 Å². The average Bonchev–Trinajstić information content (AvgIpc) is 3.43. The fraction of sp³-hybridized carbons (Fsp3) is 0.371. The third-order valence-corrected chi connectivity index (χ3v) is 8.33. The van der Waals surface area contributed by atoms with Gasteiger partial charge in [0.1, 0.15) is 11.4 Å². The van der Waals surface area contributed by atoms with Crippen LogP contribution >= 0.6 is 0 Å². The van der Waals surface area contributed by atoms with Crippen LogP contribution in [0, 0.1) is 13.8 Å². The highest BCUT2D eigenvalue weighted by atomic mass is 16.5. The Hall–Kier alpha value is -4.10. The number of esters is 1. The topological polar surface area (TPSA) is 67.5 Å². The first-order valence-electron chi connectivity index (χ1n) is 15.0. The van der Waals surface area contributed by atoms with Crippen molar-refractivity contribution in [2.75, 3.05) is 19.8 Å². The molecule has 0 radical (unpaired) electrons.